The summed E-state index contributed by atoms with van der Waals surface area (Å²) < 4.78 is 0. The van der Waals surface area contributed by atoms with Crippen LogP contribution in [-0.4, -0.2) is 0 Å². The molecule has 0 radical (unpaired) electrons. The molecule has 0 unspecified atom stereocenters. The number of para-hydroxylation sites is 2. The van der Waals surface area contributed by atoms with Crippen LogP contribution in [0.3, 0.4) is 0 Å². The number of fused-ring (bicyclic) bond motifs is 8. The quantitative estimate of drug-likeness (QED) is 0.166. The highest BCUT2D eigenvalue weighted by molar-refractivity contribution is 6.17. The Morgan fingerprint density at radius 1 is 0.296 bits per heavy atom. The third-order valence-corrected chi connectivity index (χ3v) is 12.5. The van der Waals surface area contributed by atoms with Crippen LogP contribution in [-0.2, 0) is 10.8 Å². The van der Waals surface area contributed by atoms with E-state index in [-0.39, 0.29) is 10.8 Å². The topological polar surface area (TPSA) is 6.48 Å². The lowest BCUT2D eigenvalue weighted by molar-refractivity contribution is 0.615. The van der Waals surface area contributed by atoms with Gasteiger partial charge >= 0.3 is 0 Å². The van der Waals surface area contributed by atoms with Gasteiger partial charge < -0.3 is 9.80 Å². The molecule has 0 atom stereocenters. The number of nitrogens with zero attached hydrogens (tertiary/aromatic N) is 2. The second-order valence-corrected chi connectivity index (χ2v) is 16.2. The van der Waals surface area contributed by atoms with Crippen molar-refractivity contribution in [1.29, 1.82) is 0 Å². The van der Waals surface area contributed by atoms with Gasteiger partial charge in [-0.25, -0.2) is 0 Å². The predicted octanol–water partition coefficient (Wildman–Crippen LogP) is 14.5. The fraction of sp³-hybridized carbons (Fsp3) is 0.115. The van der Waals surface area contributed by atoms with E-state index < -0.39 is 0 Å². The van der Waals surface area contributed by atoms with Crippen LogP contribution in [0.2, 0.25) is 0 Å². The van der Waals surface area contributed by atoms with Gasteiger partial charge in [0, 0.05) is 32.4 Å². The van der Waals surface area contributed by atoms with Crippen molar-refractivity contribution >= 4 is 77.2 Å². The number of hydrogen-bond acceptors (Lipinski definition) is 2. The monoisotopic (exact) mass is 692 g/mol. The Bertz CT molecular complexity index is 2710. The maximum Gasteiger partial charge on any atom is 0.0618 e. The fourth-order valence-electron chi connectivity index (χ4n) is 9.83. The summed E-state index contributed by atoms with van der Waals surface area (Å²) in [6.45, 7) is 9.65. The molecule has 0 fully saturated rings. The van der Waals surface area contributed by atoms with Gasteiger partial charge in [0.1, 0.15) is 0 Å². The van der Waals surface area contributed by atoms with E-state index in [1.54, 1.807) is 0 Å². The van der Waals surface area contributed by atoms with Crippen LogP contribution in [0.5, 0.6) is 0 Å². The summed E-state index contributed by atoms with van der Waals surface area (Å²) in [6, 6.07) is 63.5. The van der Waals surface area contributed by atoms with Gasteiger partial charge in [-0.05, 0) is 80.2 Å². The smallest absolute Gasteiger partial charge is 0.0618 e. The Hall–Kier alpha value is -6.38. The van der Waals surface area contributed by atoms with Crippen LogP contribution in [0.4, 0.5) is 34.1 Å². The van der Waals surface area contributed by atoms with Gasteiger partial charge in [-0.1, -0.05) is 161 Å². The molecule has 9 aromatic carbocycles. The van der Waals surface area contributed by atoms with E-state index in [2.05, 4.69) is 207 Å². The average Bonchev–Trinajstić information content (AvgIpc) is 3.20. The van der Waals surface area contributed by atoms with Crippen LogP contribution in [0.1, 0.15) is 49.9 Å². The zero-order valence-electron chi connectivity index (χ0n) is 31.1. The van der Waals surface area contributed by atoms with E-state index in [1.807, 2.05) is 0 Å². The highest BCUT2D eigenvalue weighted by atomic mass is 15.2. The number of rotatable bonds is 2. The Labute approximate surface area is 316 Å². The molecule has 0 spiro atoms. The minimum Gasteiger partial charge on any atom is -0.309 e. The zero-order valence-corrected chi connectivity index (χ0v) is 31.1. The van der Waals surface area contributed by atoms with Crippen molar-refractivity contribution in [2.24, 2.45) is 0 Å². The molecule has 9 aromatic rings. The second-order valence-electron chi connectivity index (χ2n) is 16.2. The lowest BCUT2D eigenvalue weighted by Gasteiger charge is -2.47. The first-order valence-corrected chi connectivity index (χ1v) is 19.1. The number of hydrogen-bond donors (Lipinski definition) is 0. The zero-order chi connectivity index (χ0) is 36.3. The van der Waals surface area contributed by atoms with Crippen LogP contribution in [0.25, 0.3) is 43.1 Å². The Morgan fingerprint density at radius 3 is 0.944 bits per heavy atom. The number of anilines is 6. The first kappa shape index (κ1) is 31.2. The number of benzene rings is 9. The molecular weight excluding hydrogens is 653 g/mol. The minimum atomic E-state index is -0.272. The third-order valence-electron chi connectivity index (χ3n) is 12.5. The molecule has 11 rings (SSSR count). The van der Waals surface area contributed by atoms with Crippen LogP contribution in [0, 0.1) is 0 Å². The maximum absolute atomic E-state index is 2.59. The fourth-order valence-corrected chi connectivity index (χ4v) is 9.83. The van der Waals surface area contributed by atoms with E-state index in [9.17, 15) is 0 Å². The maximum atomic E-state index is 2.59. The Balaban J connectivity index is 1.29. The molecule has 2 nitrogen and oxygen atoms in total. The molecule has 2 aliphatic heterocycles. The van der Waals surface area contributed by atoms with E-state index in [0.29, 0.717) is 0 Å². The predicted molar refractivity (Wildman–Crippen MR) is 230 cm³/mol. The first-order valence-electron chi connectivity index (χ1n) is 19.1. The van der Waals surface area contributed by atoms with Crippen molar-refractivity contribution in [2.45, 2.75) is 38.5 Å². The molecule has 0 saturated carbocycles. The minimum absolute atomic E-state index is 0.272. The molecule has 0 N–H and O–H groups in total. The lowest BCUT2D eigenvalue weighted by atomic mass is 9.68. The van der Waals surface area contributed by atoms with Gasteiger partial charge in [0.25, 0.3) is 0 Å². The normalized spacial score (nSPS) is 15.3. The van der Waals surface area contributed by atoms with E-state index in [4.69, 9.17) is 0 Å². The second kappa shape index (κ2) is 11.1. The molecule has 54 heavy (non-hydrogen) atoms. The summed E-state index contributed by atoms with van der Waals surface area (Å²) in [6.07, 6.45) is 0. The largest absolute Gasteiger partial charge is 0.309 e. The molecular formula is C52H40N2. The third kappa shape index (κ3) is 4.17. The van der Waals surface area contributed by atoms with Crippen molar-refractivity contribution in [2.75, 3.05) is 9.80 Å². The molecule has 2 aliphatic rings. The summed E-state index contributed by atoms with van der Waals surface area (Å²) in [5, 5.41) is 10.00. The SMILES string of the molecule is CC1(C)c2ccccc2N(c2c3ccccc3cc3ccccc23)c2cc3c(cc21)N(c1c2ccccc2cc2ccccc12)c1ccccc1C3(C)C. The molecule has 0 saturated heterocycles. The van der Waals surface area contributed by atoms with Gasteiger partial charge in [0.15, 0.2) is 0 Å². The molecule has 2 heterocycles. The van der Waals surface area contributed by atoms with Gasteiger partial charge in [0.2, 0.25) is 0 Å². The molecule has 0 aromatic heterocycles. The van der Waals surface area contributed by atoms with Crippen molar-refractivity contribution in [3.8, 4) is 0 Å². The molecule has 0 amide bonds. The molecule has 2 heteroatoms. The van der Waals surface area contributed by atoms with Crippen molar-refractivity contribution in [3.05, 3.63) is 192 Å². The van der Waals surface area contributed by atoms with Crippen molar-refractivity contribution < 1.29 is 0 Å². The standard InChI is InChI=1S/C52H40N2/c1-51(2)41-25-13-15-27-45(41)53(49-37-21-9-5-17-33(37)29-34-18-6-10-22-38(34)49)47-32-44-48(31-43(47)51)54(46-28-16-14-26-42(46)52(44,3)4)50-39-23-11-7-19-35(39)30-36-20-8-12-24-40(36)50/h5-32H,1-4H3. The van der Waals surface area contributed by atoms with Crippen molar-refractivity contribution in [3.63, 3.8) is 0 Å². The van der Waals surface area contributed by atoms with Gasteiger partial charge in [-0.15, -0.1) is 0 Å². The van der Waals surface area contributed by atoms with Crippen molar-refractivity contribution in [1.82, 2.24) is 0 Å². The molecule has 0 aliphatic carbocycles. The lowest BCUT2D eigenvalue weighted by Crippen LogP contribution is -2.35. The van der Waals surface area contributed by atoms with E-state index in [1.165, 1.54) is 99.5 Å². The summed E-state index contributed by atoms with van der Waals surface area (Å²) in [5.74, 6) is 0. The Morgan fingerprint density at radius 2 is 0.593 bits per heavy atom. The van der Waals surface area contributed by atoms with Crippen LogP contribution < -0.4 is 9.80 Å². The molecule has 0 bridgehead atoms. The van der Waals surface area contributed by atoms with E-state index in [0.717, 1.165) is 0 Å². The van der Waals surface area contributed by atoms with Gasteiger partial charge in [-0.3, -0.25) is 0 Å². The summed E-state index contributed by atoms with van der Waals surface area (Å²) in [7, 11) is 0. The average molecular weight is 693 g/mol. The molecule has 258 valence electrons. The van der Waals surface area contributed by atoms with E-state index >= 15 is 0 Å². The summed E-state index contributed by atoms with van der Waals surface area (Å²) in [5.41, 5.74) is 12.2. The summed E-state index contributed by atoms with van der Waals surface area (Å²) in [4.78, 5) is 5.18. The highest BCUT2D eigenvalue weighted by Gasteiger charge is 2.43. The van der Waals surface area contributed by atoms with Gasteiger partial charge in [-0.2, -0.15) is 0 Å². The van der Waals surface area contributed by atoms with Crippen LogP contribution >= 0.6 is 0 Å². The highest BCUT2D eigenvalue weighted by Crippen LogP contribution is 2.60. The Kier molecular flexibility index (Phi) is 6.39. The summed E-state index contributed by atoms with van der Waals surface area (Å²) >= 11 is 0. The first-order chi connectivity index (χ1) is 26.3. The van der Waals surface area contributed by atoms with Crippen LogP contribution in [0.15, 0.2) is 170 Å². The van der Waals surface area contributed by atoms with Gasteiger partial charge in [0.05, 0.1) is 34.1 Å².